The van der Waals surface area contributed by atoms with E-state index in [1.165, 1.54) is 16.5 Å². The van der Waals surface area contributed by atoms with Crippen molar-refractivity contribution in [2.45, 2.75) is 40.8 Å². The van der Waals surface area contributed by atoms with Gasteiger partial charge in [0.05, 0.1) is 50.7 Å². The summed E-state index contributed by atoms with van der Waals surface area (Å²) in [6.07, 6.45) is 1.45. The number of hydrogen-bond donors (Lipinski definition) is 6. The van der Waals surface area contributed by atoms with Crippen LogP contribution >= 0.6 is 0 Å². The van der Waals surface area contributed by atoms with Gasteiger partial charge >= 0.3 is 6.03 Å². The lowest BCUT2D eigenvalue weighted by Crippen LogP contribution is -2.38. The number of benzene rings is 4. The number of isocyanates is 1. The molecule has 0 atom stereocenters. The van der Waals surface area contributed by atoms with E-state index in [2.05, 4.69) is 37.7 Å². The summed E-state index contributed by atoms with van der Waals surface area (Å²) in [7, 11) is 3.11. The number of nitrogens with zero attached hydrogens (tertiary/aromatic N) is 2. The van der Waals surface area contributed by atoms with E-state index in [0.29, 0.717) is 47.1 Å². The predicted molar refractivity (Wildman–Crippen MR) is 227 cm³/mol. The minimum atomic E-state index is -0.410. The quantitative estimate of drug-likeness (QED) is 0.0484. The van der Waals surface area contributed by atoms with Crippen molar-refractivity contribution in [3.63, 3.8) is 0 Å². The zero-order valence-electron chi connectivity index (χ0n) is 33.6. The van der Waals surface area contributed by atoms with Crippen molar-refractivity contribution in [2.75, 3.05) is 45.8 Å². The number of fused-ring (bicyclic) bond motifs is 2. The maximum absolute atomic E-state index is 12.7. The summed E-state index contributed by atoms with van der Waals surface area (Å²) in [5, 5.41) is 25.9. The van der Waals surface area contributed by atoms with Gasteiger partial charge in [0.15, 0.2) is 0 Å². The first-order valence-electron chi connectivity index (χ1n) is 18.5. The van der Waals surface area contributed by atoms with E-state index in [9.17, 15) is 24.3 Å². The molecule has 0 bridgehead atoms. The highest BCUT2D eigenvalue weighted by atomic mass is 16.5. The molecule has 0 aliphatic carbocycles. The van der Waals surface area contributed by atoms with E-state index in [1.54, 1.807) is 68.8 Å². The third-order valence-electron chi connectivity index (χ3n) is 8.91. The number of carbonyl (C=O) groups excluding carboxylic acids is 2. The number of ether oxygens (including phenoxy) is 2. The van der Waals surface area contributed by atoms with Crippen molar-refractivity contribution in [3.05, 3.63) is 139 Å². The Balaban J connectivity index is 0.000000217. The topological polar surface area (TPSA) is 198 Å². The smallest absolute Gasteiger partial charge is 0.322 e. The Morgan fingerprint density at radius 1 is 0.759 bits per heavy atom. The summed E-state index contributed by atoms with van der Waals surface area (Å²) >= 11 is 0. The Hall–Kier alpha value is -6.57. The van der Waals surface area contributed by atoms with Crippen LogP contribution < -0.4 is 31.2 Å². The third-order valence-corrected chi connectivity index (χ3v) is 8.91. The van der Waals surface area contributed by atoms with Gasteiger partial charge in [0.25, 0.3) is 11.1 Å². The van der Waals surface area contributed by atoms with Gasteiger partial charge < -0.3 is 45.2 Å². The minimum Gasteiger partial charge on any atom is -0.497 e. The summed E-state index contributed by atoms with van der Waals surface area (Å²) in [5.41, 5.74) is 7.99. The van der Waals surface area contributed by atoms with Crippen molar-refractivity contribution < 1.29 is 29.3 Å². The van der Waals surface area contributed by atoms with E-state index in [0.717, 1.165) is 38.5 Å². The molecule has 2 heterocycles. The molecule has 304 valence electrons. The van der Waals surface area contributed by atoms with Crippen LogP contribution in [-0.2, 0) is 17.9 Å². The molecule has 2 aromatic heterocycles. The Morgan fingerprint density at radius 3 is 1.90 bits per heavy atom. The first-order valence-corrected chi connectivity index (χ1v) is 18.5. The highest BCUT2D eigenvalue weighted by Crippen LogP contribution is 2.21. The van der Waals surface area contributed by atoms with E-state index >= 15 is 0 Å². The predicted octanol–water partition coefficient (Wildman–Crippen LogP) is 6.07. The average molecular weight is 791 g/mol. The number of anilines is 1. The molecule has 58 heavy (non-hydrogen) atoms. The van der Waals surface area contributed by atoms with Crippen molar-refractivity contribution in [3.8, 4) is 11.5 Å². The first-order chi connectivity index (χ1) is 27.9. The number of aromatic amines is 2. The van der Waals surface area contributed by atoms with Gasteiger partial charge in [0, 0.05) is 48.6 Å². The largest absolute Gasteiger partial charge is 0.497 e. The standard InChI is InChI=1S/C22H25N3O4.C14H18N2O2.C8H7NO2/c1-14-9-15(2)20-16(10-14)11-17(21(27)24-20)13-25(7-8-26)22(28)23-18-5-4-6-19(12-18)29-3;1-9-5-10(2)13-11(6-9)7-12(14(18)16-13)8-15-3-4-17;1-11-8-4-2-3-7(5-8)9-6-10/h4-6,9-12,26H,7-8,13H2,1-3H3,(H,23,28)(H,24,27);5-7,15,17H,3-4,8H2,1-2H3,(H,16,18);2-5H,1H3. The molecule has 6 rings (SSSR count). The summed E-state index contributed by atoms with van der Waals surface area (Å²) in [6.45, 7) is 8.98. The third kappa shape index (κ3) is 12.5. The number of aryl methyl sites for hydroxylation is 4. The van der Waals surface area contributed by atoms with Crippen molar-refractivity contribution >= 4 is 45.3 Å². The SMILES string of the molecule is COc1cccc(N=C=O)c1.COc1cccc(NC(=O)N(CCO)Cc2cc3cc(C)cc(C)c3[nH]c2=O)c1.Cc1cc(C)c2[nH]c(=O)c(CNCCO)cc2c1. The Morgan fingerprint density at radius 2 is 1.33 bits per heavy atom. The van der Waals surface area contributed by atoms with Crippen LogP contribution in [-0.4, -0.2) is 77.7 Å². The molecule has 4 aromatic carbocycles. The molecular weight excluding hydrogens is 741 g/mol. The number of amides is 2. The lowest BCUT2D eigenvalue weighted by atomic mass is 10.1. The van der Waals surface area contributed by atoms with Crippen molar-refractivity contribution in [2.24, 2.45) is 4.99 Å². The van der Waals surface area contributed by atoms with Crippen molar-refractivity contribution in [1.82, 2.24) is 20.2 Å². The molecule has 6 aromatic rings. The number of rotatable bonds is 12. The van der Waals surface area contributed by atoms with Crippen LogP contribution in [0.5, 0.6) is 11.5 Å². The summed E-state index contributed by atoms with van der Waals surface area (Å²) in [6, 6.07) is 25.3. The molecule has 14 nitrogen and oxygen atoms in total. The molecule has 6 N–H and O–H groups in total. The Bertz CT molecular complexity index is 2510. The zero-order valence-corrected chi connectivity index (χ0v) is 33.6. The number of aliphatic hydroxyl groups is 2. The van der Waals surface area contributed by atoms with E-state index in [4.69, 9.17) is 14.6 Å². The van der Waals surface area contributed by atoms with Crippen LogP contribution in [0.15, 0.2) is 99.5 Å². The van der Waals surface area contributed by atoms with Crippen LogP contribution in [0.1, 0.15) is 33.4 Å². The maximum atomic E-state index is 12.7. The number of aliphatic hydroxyl groups excluding tert-OH is 2. The van der Waals surface area contributed by atoms with E-state index < -0.39 is 6.03 Å². The zero-order chi connectivity index (χ0) is 42.2. The number of pyridine rings is 2. The number of H-pyrrole nitrogens is 2. The van der Waals surface area contributed by atoms with Crippen molar-refractivity contribution in [1.29, 1.82) is 0 Å². The van der Waals surface area contributed by atoms with Gasteiger partial charge in [-0.3, -0.25) is 9.59 Å². The molecule has 0 aliphatic heterocycles. The second-order valence-electron chi connectivity index (χ2n) is 13.5. The number of aliphatic imine (C=N–C) groups is 1. The summed E-state index contributed by atoms with van der Waals surface area (Å²) in [5.74, 6) is 1.30. The van der Waals surface area contributed by atoms with Crippen LogP contribution in [0.25, 0.3) is 21.8 Å². The molecule has 0 aliphatic rings. The number of aromatic nitrogens is 2. The van der Waals surface area contributed by atoms with Gasteiger partial charge in [0.1, 0.15) is 11.5 Å². The van der Waals surface area contributed by atoms with Crippen LogP contribution in [0.4, 0.5) is 16.2 Å². The summed E-state index contributed by atoms with van der Waals surface area (Å²) < 4.78 is 10.1. The molecular formula is C44H50N6O8. The second-order valence-corrected chi connectivity index (χ2v) is 13.5. The molecule has 2 amide bonds. The molecule has 14 heteroatoms. The van der Waals surface area contributed by atoms with Crippen LogP contribution in [0.3, 0.4) is 0 Å². The number of methoxy groups -OCH3 is 2. The fourth-order valence-corrected chi connectivity index (χ4v) is 6.23. The van der Waals surface area contributed by atoms with Gasteiger partial charge in [-0.15, -0.1) is 0 Å². The number of nitrogens with one attached hydrogen (secondary N) is 4. The molecule has 0 saturated heterocycles. The van der Waals surface area contributed by atoms with Crippen LogP contribution in [0.2, 0.25) is 0 Å². The molecule has 0 spiro atoms. The Kier molecular flexibility index (Phi) is 16.5. The molecule has 0 radical (unpaired) electrons. The molecule has 0 fully saturated rings. The minimum absolute atomic E-state index is 0.0695. The van der Waals surface area contributed by atoms with E-state index in [-0.39, 0.29) is 37.4 Å². The number of urea groups is 1. The Labute approximate surface area is 336 Å². The number of hydrogen-bond acceptors (Lipinski definition) is 10. The summed E-state index contributed by atoms with van der Waals surface area (Å²) in [4.78, 5) is 57.7. The van der Waals surface area contributed by atoms with Crippen LogP contribution in [0, 0.1) is 27.7 Å². The lowest BCUT2D eigenvalue weighted by molar-refractivity contribution is 0.185. The fraction of sp³-hybridized carbons (Fsp3) is 0.273. The number of carbonyl (C=O) groups is 1. The highest BCUT2D eigenvalue weighted by molar-refractivity contribution is 5.90. The molecule has 0 unspecified atom stereocenters. The van der Waals surface area contributed by atoms with Gasteiger partial charge in [-0.2, -0.15) is 4.99 Å². The fourth-order valence-electron chi connectivity index (χ4n) is 6.23. The first kappa shape index (κ1) is 44.1. The average Bonchev–Trinajstić information content (AvgIpc) is 3.19. The van der Waals surface area contributed by atoms with Gasteiger partial charge in [-0.25, -0.2) is 9.59 Å². The van der Waals surface area contributed by atoms with Gasteiger partial charge in [-0.1, -0.05) is 35.4 Å². The van der Waals surface area contributed by atoms with E-state index in [1.807, 2.05) is 45.9 Å². The molecule has 0 saturated carbocycles. The monoisotopic (exact) mass is 790 g/mol. The highest BCUT2D eigenvalue weighted by Gasteiger charge is 2.17. The maximum Gasteiger partial charge on any atom is 0.322 e. The normalized spacial score (nSPS) is 10.4. The lowest BCUT2D eigenvalue weighted by Gasteiger charge is -2.22. The van der Waals surface area contributed by atoms with Gasteiger partial charge in [-0.05, 0) is 98.1 Å². The second kappa shape index (κ2) is 21.7. The van der Waals surface area contributed by atoms with Gasteiger partial charge in [0.2, 0.25) is 6.08 Å².